The lowest BCUT2D eigenvalue weighted by atomic mass is 9.85. The van der Waals surface area contributed by atoms with Crippen LogP contribution in [0.1, 0.15) is 58.2 Å². The van der Waals surface area contributed by atoms with Crippen molar-refractivity contribution in [3.63, 3.8) is 0 Å². The molecule has 0 aliphatic heterocycles. The summed E-state index contributed by atoms with van der Waals surface area (Å²) in [6, 6.07) is 0.160. The van der Waals surface area contributed by atoms with E-state index in [0.29, 0.717) is 5.92 Å². The zero-order chi connectivity index (χ0) is 19.2. The molecule has 0 saturated heterocycles. The number of imidazole rings is 1. The van der Waals surface area contributed by atoms with Gasteiger partial charge in [-0.05, 0) is 62.4 Å². The van der Waals surface area contributed by atoms with Crippen LogP contribution in [0.25, 0.3) is 22.1 Å². The van der Waals surface area contributed by atoms with E-state index in [4.69, 9.17) is 9.72 Å². The molecule has 7 nitrogen and oxygen atoms in total. The van der Waals surface area contributed by atoms with Crippen LogP contribution in [-0.4, -0.2) is 37.7 Å². The maximum atomic E-state index is 12.0. The Labute approximate surface area is 165 Å². The molecule has 0 radical (unpaired) electrons. The van der Waals surface area contributed by atoms with Crippen molar-refractivity contribution in [2.45, 2.75) is 64.0 Å². The number of hydrogen-bond acceptors (Lipinski definition) is 4. The predicted octanol–water partition coefficient (Wildman–Crippen LogP) is 4.75. The highest BCUT2D eigenvalue weighted by molar-refractivity contribution is 9.10. The van der Waals surface area contributed by atoms with E-state index in [-0.39, 0.29) is 12.1 Å². The fourth-order valence-electron chi connectivity index (χ4n) is 3.71. The van der Waals surface area contributed by atoms with Crippen molar-refractivity contribution >= 4 is 44.1 Å². The van der Waals surface area contributed by atoms with Gasteiger partial charge in [0.2, 0.25) is 0 Å². The minimum absolute atomic E-state index is 0.160. The van der Waals surface area contributed by atoms with Crippen molar-refractivity contribution in [3.05, 3.63) is 22.7 Å². The largest absolute Gasteiger partial charge is 0.444 e. The van der Waals surface area contributed by atoms with E-state index in [9.17, 15) is 4.79 Å². The van der Waals surface area contributed by atoms with Crippen LogP contribution in [0.5, 0.6) is 0 Å². The molecule has 1 aliphatic rings. The second-order valence-electron chi connectivity index (χ2n) is 8.20. The van der Waals surface area contributed by atoms with Gasteiger partial charge in [0.25, 0.3) is 0 Å². The molecule has 1 aliphatic carbocycles. The average molecular weight is 434 g/mol. The summed E-state index contributed by atoms with van der Waals surface area (Å²) < 4.78 is 6.32. The summed E-state index contributed by atoms with van der Waals surface area (Å²) in [6.45, 7) is 5.62. The predicted molar refractivity (Wildman–Crippen MR) is 108 cm³/mol. The third-order valence-electron chi connectivity index (χ3n) is 4.96. The van der Waals surface area contributed by atoms with E-state index in [2.05, 4.69) is 36.2 Å². The van der Waals surface area contributed by atoms with Gasteiger partial charge in [-0.25, -0.2) is 14.8 Å². The lowest BCUT2D eigenvalue weighted by Crippen LogP contribution is -2.40. The number of rotatable bonds is 2. The zero-order valence-electron chi connectivity index (χ0n) is 15.7. The van der Waals surface area contributed by atoms with Crippen molar-refractivity contribution in [1.82, 2.24) is 25.3 Å². The highest BCUT2D eigenvalue weighted by Gasteiger charge is 2.27. The van der Waals surface area contributed by atoms with Gasteiger partial charge in [0.05, 0.1) is 17.1 Å². The molecule has 3 heterocycles. The average Bonchev–Trinajstić information content (AvgIpc) is 3.17. The number of carbonyl (C=O) groups excluding carboxylic acids is 1. The molecule has 144 valence electrons. The second kappa shape index (κ2) is 6.82. The van der Waals surface area contributed by atoms with Crippen LogP contribution in [0.3, 0.4) is 0 Å². The van der Waals surface area contributed by atoms with Crippen LogP contribution in [0.15, 0.2) is 16.9 Å². The van der Waals surface area contributed by atoms with Crippen molar-refractivity contribution in [3.8, 4) is 0 Å². The van der Waals surface area contributed by atoms with Crippen molar-refractivity contribution < 1.29 is 9.53 Å². The number of alkyl carbamates (subject to hydrolysis) is 1. The van der Waals surface area contributed by atoms with E-state index in [1.54, 1.807) is 0 Å². The number of pyridine rings is 1. The molecule has 8 heteroatoms. The number of hydrogen-bond donors (Lipinski definition) is 3. The number of ether oxygens (including phenoxy) is 1. The minimum atomic E-state index is -0.471. The Morgan fingerprint density at radius 1 is 1.30 bits per heavy atom. The molecule has 27 heavy (non-hydrogen) atoms. The Morgan fingerprint density at radius 3 is 2.74 bits per heavy atom. The highest BCUT2D eigenvalue weighted by Crippen LogP contribution is 2.35. The molecule has 1 fully saturated rings. The normalized spacial score (nSPS) is 20.9. The molecule has 1 saturated carbocycles. The lowest BCUT2D eigenvalue weighted by Gasteiger charge is -2.29. The quantitative estimate of drug-likeness (QED) is 0.542. The van der Waals surface area contributed by atoms with E-state index >= 15 is 0 Å². The maximum Gasteiger partial charge on any atom is 0.407 e. The van der Waals surface area contributed by atoms with Gasteiger partial charge in [0, 0.05) is 22.6 Å². The fourth-order valence-corrected chi connectivity index (χ4v) is 4.20. The minimum Gasteiger partial charge on any atom is -0.444 e. The van der Waals surface area contributed by atoms with E-state index in [1.165, 1.54) is 0 Å². The van der Waals surface area contributed by atoms with Gasteiger partial charge in [0.1, 0.15) is 22.6 Å². The van der Waals surface area contributed by atoms with Crippen LogP contribution >= 0.6 is 15.9 Å². The molecule has 3 N–H and O–H groups in total. The SMILES string of the molecule is CC(C)(C)OC(=O)NC1CCC(c2nc3c(cnc4[nH]cc(Br)c43)[nH]2)CC1. The molecule has 3 aromatic rings. The van der Waals surface area contributed by atoms with E-state index in [0.717, 1.165) is 58.0 Å². The highest BCUT2D eigenvalue weighted by atomic mass is 79.9. The number of fused-ring (bicyclic) bond motifs is 3. The first-order chi connectivity index (χ1) is 12.8. The maximum absolute atomic E-state index is 12.0. The Bertz CT molecular complexity index is 979. The summed E-state index contributed by atoms with van der Waals surface area (Å²) >= 11 is 3.57. The third kappa shape index (κ3) is 3.81. The lowest BCUT2D eigenvalue weighted by molar-refractivity contribution is 0.0491. The summed E-state index contributed by atoms with van der Waals surface area (Å²) in [4.78, 5) is 27.9. The Kier molecular flexibility index (Phi) is 4.61. The monoisotopic (exact) mass is 433 g/mol. The fraction of sp³-hybridized carbons (Fsp3) is 0.526. The second-order valence-corrected chi connectivity index (χ2v) is 9.05. The molecule has 0 atom stereocenters. The number of amides is 1. The number of H-pyrrole nitrogens is 2. The molecule has 0 spiro atoms. The van der Waals surface area contributed by atoms with Crippen LogP contribution in [0, 0.1) is 0 Å². The number of nitrogens with zero attached hydrogens (tertiary/aromatic N) is 2. The first-order valence-electron chi connectivity index (χ1n) is 9.31. The van der Waals surface area contributed by atoms with Crippen LogP contribution < -0.4 is 5.32 Å². The van der Waals surface area contributed by atoms with Gasteiger partial charge < -0.3 is 20.0 Å². The van der Waals surface area contributed by atoms with E-state index < -0.39 is 5.60 Å². The topological polar surface area (TPSA) is 95.7 Å². The van der Waals surface area contributed by atoms with Gasteiger partial charge in [-0.2, -0.15) is 0 Å². The third-order valence-corrected chi connectivity index (χ3v) is 5.58. The molecular formula is C19H24BrN5O2. The molecule has 4 rings (SSSR count). The molecule has 0 bridgehead atoms. The van der Waals surface area contributed by atoms with Gasteiger partial charge >= 0.3 is 6.09 Å². The van der Waals surface area contributed by atoms with Crippen molar-refractivity contribution in [1.29, 1.82) is 0 Å². The molecule has 0 aromatic carbocycles. The molecular weight excluding hydrogens is 410 g/mol. The van der Waals surface area contributed by atoms with Crippen LogP contribution in [0.2, 0.25) is 0 Å². The Morgan fingerprint density at radius 2 is 2.04 bits per heavy atom. The van der Waals surface area contributed by atoms with Gasteiger partial charge in [-0.3, -0.25) is 0 Å². The van der Waals surface area contributed by atoms with Crippen LogP contribution in [-0.2, 0) is 4.74 Å². The van der Waals surface area contributed by atoms with E-state index in [1.807, 2.05) is 33.2 Å². The Hall–Kier alpha value is -2.09. The summed E-state index contributed by atoms with van der Waals surface area (Å²) in [7, 11) is 0. The Balaban J connectivity index is 1.45. The van der Waals surface area contributed by atoms with Crippen molar-refractivity contribution in [2.24, 2.45) is 0 Å². The summed E-state index contributed by atoms with van der Waals surface area (Å²) in [5.41, 5.74) is 2.25. The molecule has 0 unspecified atom stereocenters. The smallest absolute Gasteiger partial charge is 0.407 e. The molecule has 1 amide bonds. The van der Waals surface area contributed by atoms with Gasteiger partial charge in [-0.15, -0.1) is 0 Å². The number of aromatic nitrogens is 4. The van der Waals surface area contributed by atoms with Crippen molar-refractivity contribution in [2.75, 3.05) is 0 Å². The number of halogens is 1. The summed E-state index contributed by atoms with van der Waals surface area (Å²) in [5.74, 6) is 1.37. The zero-order valence-corrected chi connectivity index (χ0v) is 17.3. The molecule has 3 aromatic heterocycles. The van der Waals surface area contributed by atoms with Gasteiger partial charge in [0.15, 0.2) is 0 Å². The van der Waals surface area contributed by atoms with Gasteiger partial charge in [-0.1, -0.05) is 0 Å². The number of carbonyl (C=O) groups is 1. The standard InChI is InChI=1S/C19H24BrN5O2/c1-19(2,3)27-18(26)23-11-6-4-10(5-7-11)16-24-13-9-22-17-14(15(13)25-16)12(20)8-21-17/h8-11H,4-7H2,1-3H3,(H,21,22)(H,23,26)(H,24,25). The first kappa shape index (κ1) is 18.3. The number of nitrogens with one attached hydrogen (secondary N) is 3. The summed E-state index contributed by atoms with van der Waals surface area (Å²) in [5, 5.41) is 4.00. The number of aromatic amines is 2. The first-order valence-corrected chi connectivity index (χ1v) is 10.1. The van der Waals surface area contributed by atoms with Crippen LogP contribution in [0.4, 0.5) is 4.79 Å². The summed E-state index contributed by atoms with van der Waals surface area (Å²) in [6.07, 6.45) is 7.17.